The lowest BCUT2D eigenvalue weighted by Crippen LogP contribution is -2.41. The fourth-order valence-corrected chi connectivity index (χ4v) is 2.04. The lowest BCUT2D eigenvalue weighted by molar-refractivity contribution is 0.00578. The summed E-state index contributed by atoms with van der Waals surface area (Å²) in [5, 5.41) is 2.94. The number of carbonyl (C=O) groups excluding carboxylic acids is 1. The minimum atomic E-state index is -0.513. The molecular weight excluding hydrogens is 271 g/mol. The molecule has 0 amide bonds. The van der Waals surface area contributed by atoms with E-state index >= 15 is 0 Å². The van der Waals surface area contributed by atoms with Crippen LogP contribution in [0.4, 0.5) is 5.69 Å². The van der Waals surface area contributed by atoms with Gasteiger partial charge in [-0.15, -0.1) is 0 Å². The van der Waals surface area contributed by atoms with Gasteiger partial charge in [-0.3, -0.25) is 0 Å². The monoisotopic (exact) mass is 292 g/mol. The summed E-state index contributed by atoms with van der Waals surface area (Å²) in [4.78, 5) is 15.8. The summed E-state index contributed by atoms with van der Waals surface area (Å²) in [6.45, 7) is 7.95. The maximum atomic E-state index is 11.6. The number of carbonyl (C=O) groups is 1. The average Bonchev–Trinajstić information content (AvgIpc) is 2.66. The van der Waals surface area contributed by atoms with Crippen LogP contribution in [0.15, 0.2) is 12.3 Å². The highest BCUT2D eigenvalue weighted by Gasteiger charge is 2.51. The first-order valence-electron chi connectivity index (χ1n) is 6.83. The Morgan fingerprint density at radius 3 is 2.33 bits per heavy atom. The second-order valence-electron chi connectivity index (χ2n) is 5.99. The summed E-state index contributed by atoms with van der Waals surface area (Å²) >= 11 is 0. The Kier molecular flexibility index (Phi) is 3.99. The molecule has 1 aliphatic rings. The molecule has 2 rings (SSSR count). The Labute approximate surface area is 125 Å². The highest BCUT2D eigenvalue weighted by atomic mass is 16.7. The van der Waals surface area contributed by atoms with Crippen LogP contribution < -0.4 is 10.8 Å². The summed E-state index contributed by atoms with van der Waals surface area (Å²) < 4.78 is 16.6. The number of aromatic nitrogens is 1. The van der Waals surface area contributed by atoms with Crippen molar-refractivity contribution >= 4 is 24.2 Å². The van der Waals surface area contributed by atoms with E-state index in [4.69, 9.17) is 14.0 Å². The van der Waals surface area contributed by atoms with Gasteiger partial charge in [0.25, 0.3) is 0 Å². The van der Waals surface area contributed by atoms with Gasteiger partial charge in [0.1, 0.15) is 0 Å². The maximum absolute atomic E-state index is 11.6. The predicted molar refractivity (Wildman–Crippen MR) is 80.8 cm³/mol. The summed E-state index contributed by atoms with van der Waals surface area (Å²) in [7, 11) is 2.53. The number of methoxy groups -OCH3 is 1. The first-order valence-corrected chi connectivity index (χ1v) is 6.83. The second-order valence-corrected chi connectivity index (χ2v) is 5.99. The lowest BCUT2D eigenvalue weighted by atomic mass is 9.80. The molecule has 1 aliphatic heterocycles. The van der Waals surface area contributed by atoms with Crippen LogP contribution in [0, 0.1) is 0 Å². The highest BCUT2D eigenvalue weighted by Crippen LogP contribution is 2.36. The first-order chi connectivity index (χ1) is 9.71. The van der Waals surface area contributed by atoms with E-state index in [0.717, 1.165) is 5.46 Å². The lowest BCUT2D eigenvalue weighted by Gasteiger charge is -2.32. The number of ether oxygens (including phenoxy) is 1. The Morgan fingerprint density at radius 1 is 1.29 bits per heavy atom. The van der Waals surface area contributed by atoms with Crippen molar-refractivity contribution in [1.29, 1.82) is 0 Å². The van der Waals surface area contributed by atoms with E-state index in [1.165, 1.54) is 7.11 Å². The molecule has 21 heavy (non-hydrogen) atoms. The van der Waals surface area contributed by atoms with Crippen LogP contribution in [0.3, 0.4) is 0 Å². The van der Waals surface area contributed by atoms with Gasteiger partial charge in [-0.25, -0.2) is 9.78 Å². The fourth-order valence-electron chi connectivity index (χ4n) is 2.04. The molecule has 7 heteroatoms. The van der Waals surface area contributed by atoms with Gasteiger partial charge >= 0.3 is 13.1 Å². The van der Waals surface area contributed by atoms with Crippen molar-refractivity contribution < 1.29 is 18.8 Å². The number of nitrogens with one attached hydrogen (secondary N) is 1. The van der Waals surface area contributed by atoms with Crippen molar-refractivity contribution in [2.45, 2.75) is 38.9 Å². The van der Waals surface area contributed by atoms with Crippen molar-refractivity contribution in [3.63, 3.8) is 0 Å². The van der Waals surface area contributed by atoms with E-state index in [-0.39, 0.29) is 5.69 Å². The Morgan fingerprint density at radius 2 is 1.86 bits per heavy atom. The Bertz CT molecular complexity index is 544. The van der Waals surface area contributed by atoms with Crippen LogP contribution in [0.5, 0.6) is 0 Å². The van der Waals surface area contributed by atoms with E-state index < -0.39 is 24.3 Å². The van der Waals surface area contributed by atoms with Gasteiger partial charge < -0.3 is 19.4 Å². The van der Waals surface area contributed by atoms with Crippen LogP contribution in [0.25, 0.3) is 0 Å². The minimum Gasteiger partial charge on any atom is -0.464 e. The van der Waals surface area contributed by atoms with Crippen LogP contribution in [-0.4, -0.2) is 43.4 Å². The molecule has 114 valence electrons. The van der Waals surface area contributed by atoms with E-state index in [1.54, 1.807) is 19.3 Å². The normalized spacial score (nSPS) is 19.4. The third kappa shape index (κ3) is 2.75. The molecule has 0 aromatic carbocycles. The van der Waals surface area contributed by atoms with Gasteiger partial charge in [0.2, 0.25) is 0 Å². The molecule has 1 fully saturated rings. The second kappa shape index (κ2) is 5.31. The fraction of sp³-hybridized carbons (Fsp3) is 0.571. The summed E-state index contributed by atoms with van der Waals surface area (Å²) in [6, 6.07) is 1.79. The molecule has 0 radical (unpaired) electrons. The molecule has 0 saturated carbocycles. The molecule has 6 nitrogen and oxygen atoms in total. The summed E-state index contributed by atoms with van der Waals surface area (Å²) in [6.07, 6.45) is 1.58. The number of anilines is 1. The molecule has 1 saturated heterocycles. The topological polar surface area (TPSA) is 69.7 Å². The van der Waals surface area contributed by atoms with Crippen molar-refractivity contribution in [1.82, 2.24) is 4.98 Å². The van der Waals surface area contributed by atoms with E-state index in [0.29, 0.717) is 5.69 Å². The number of nitrogens with zero attached hydrogens (tertiary/aromatic N) is 1. The summed E-state index contributed by atoms with van der Waals surface area (Å²) in [5.74, 6) is -0.486. The maximum Gasteiger partial charge on any atom is 0.496 e. The molecule has 1 aromatic rings. The molecular formula is C14H21BN2O4. The molecule has 2 heterocycles. The van der Waals surface area contributed by atoms with Gasteiger partial charge in [-0.1, -0.05) is 0 Å². The van der Waals surface area contributed by atoms with E-state index in [1.807, 2.05) is 27.7 Å². The summed E-state index contributed by atoms with van der Waals surface area (Å²) in [5.41, 5.74) is 0.733. The largest absolute Gasteiger partial charge is 0.496 e. The molecule has 0 unspecified atom stereocenters. The minimum absolute atomic E-state index is 0.236. The van der Waals surface area contributed by atoms with Crippen molar-refractivity contribution in [3.05, 3.63) is 18.0 Å². The van der Waals surface area contributed by atoms with Gasteiger partial charge in [0.05, 0.1) is 24.0 Å². The van der Waals surface area contributed by atoms with Crippen molar-refractivity contribution in [3.8, 4) is 0 Å². The Balaban J connectivity index is 2.33. The molecule has 0 bridgehead atoms. The van der Waals surface area contributed by atoms with Crippen LogP contribution in [0.1, 0.15) is 38.2 Å². The van der Waals surface area contributed by atoms with Crippen LogP contribution in [-0.2, 0) is 14.0 Å². The average molecular weight is 292 g/mol. The molecule has 0 spiro atoms. The third-order valence-electron chi connectivity index (χ3n) is 4.08. The molecule has 0 aliphatic carbocycles. The number of pyridine rings is 1. The van der Waals surface area contributed by atoms with Gasteiger partial charge in [0, 0.05) is 18.7 Å². The number of hydrogen-bond donors (Lipinski definition) is 1. The first kappa shape index (κ1) is 15.8. The van der Waals surface area contributed by atoms with Gasteiger partial charge in [-0.05, 0) is 33.8 Å². The highest BCUT2D eigenvalue weighted by molar-refractivity contribution is 6.62. The zero-order chi connectivity index (χ0) is 15.8. The number of hydrogen-bond acceptors (Lipinski definition) is 6. The molecule has 1 N–H and O–H groups in total. The smallest absolute Gasteiger partial charge is 0.464 e. The SMILES string of the molecule is CNc1cc(B2OC(C)(C)C(C)(C)O2)cnc1C(=O)OC. The van der Waals surface area contributed by atoms with Crippen molar-refractivity contribution in [2.75, 3.05) is 19.5 Å². The molecule has 0 atom stereocenters. The zero-order valence-electron chi connectivity index (χ0n) is 13.3. The van der Waals surface area contributed by atoms with E-state index in [2.05, 4.69) is 10.3 Å². The quantitative estimate of drug-likeness (QED) is 0.667. The van der Waals surface area contributed by atoms with Gasteiger partial charge in [-0.2, -0.15) is 0 Å². The van der Waals surface area contributed by atoms with Crippen LogP contribution in [0.2, 0.25) is 0 Å². The van der Waals surface area contributed by atoms with Crippen molar-refractivity contribution in [2.24, 2.45) is 0 Å². The van der Waals surface area contributed by atoms with Crippen LogP contribution >= 0.6 is 0 Å². The Hall–Kier alpha value is -1.60. The predicted octanol–water partition coefficient (Wildman–Crippen LogP) is 1.21. The van der Waals surface area contributed by atoms with E-state index in [9.17, 15) is 4.79 Å². The van der Waals surface area contributed by atoms with Gasteiger partial charge in [0.15, 0.2) is 5.69 Å². The standard InChI is InChI=1S/C14H21BN2O4/c1-13(2)14(3,4)21-15(20-13)9-7-10(16-5)11(17-8-9)12(18)19-6/h7-8,16H,1-6H3. The molecule has 1 aromatic heterocycles. The zero-order valence-corrected chi connectivity index (χ0v) is 13.3. The third-order valence-corrected chi connectivity index (χ3v) is 4.08. The number of esters is 1. The number of rotatable bonds is 3.